The molecule has 6 rings (SSSR count). The summed E-state index contributed by atoms with van der Waals surface area (Å²) >= 11 is 0. The Morgan fingerprint density at radius 1 is 0.970 bits per heavy atom. The summed E-state index contributed by atoms with van der Waals surface area (Å²) in [5.74, 6) is 2.24. The lowest BCUT2D eigenvalue weighted by Gasteiger charge is -2.36. The zero-order valence-corrected chi connectivity index (χ0v) is 19.0. The van der Waals surface area contributed by atoms with Crippen LogP contribution in [0.5, 0.6) is 0 Å². The summed E-state index contributed by atoms with van der Waals surface area (Å²) in [6.45, 7) is 2.75. The third-order valence-electron chi connectivity index (χ3n) is 6.12. The number of piperazine rings is 1. The quantitative estimate of drug-likeness (QED) is 0.463. The van der Waals surface area contributed by atoms with Crippen molar-refractivity contribution in [3.05, 3.63) is 48.5 Å². The number of imidazole rings is 1. The van der Waals surface area contributed by atoms with Crippen molar-refractivity contribution >= 4 is 33.6 Å². The summed E-state index contributed by atoms with van der Waals surface area (Å²) in [4.78, 5) is 18.7. The van der Waals surface area contributed by atoms with Crippen molar-refractivity contribution in [2.75, 3.05) is 31.1 Å². The predicted molar refractivity (Wildman–Crippen MR) is 126 cm³/mol. The van der Waals surface area contributed by atoms with Gasteiger partial charge in [0.25, 0.3) is 0 Å². The Morgan fingerprint density at radius 3 is 2.48 bits per heavy atom. The second kappa shape index (κ2) is 7.27. The minimum Gasteiger partial charge on any atom is -0.351 e. The maximum atomic E-state index is 10.4. The number of hydrogen-bond donors (Lipinski definition) is 2. The van der Waals surface area contributed by atoms with E-state index in [-0.39, 0.29) is 0 Å². The van der Waals surface area contributed by atoms with E-state index >= 15 is 0 Å². The van der Waals surface area contributed by atoms with E-state index in [0.717, 1.165) is 33.9 Å². The summed E-state index contributed by atoms with van der Waals surface area (Å²) in [5, 5.41) is 4.26. The highest BCUT2D eigenvalue weighted by atomic mass is 32.3. The smallest absolute Gasteiger partial charge is 0.165 e. The summed E-state index contributed by atoms with van der Waals surface area (Å²) < 4.78 is 28.8. The highest BCUT2D eigenvalue weighted by Crippen LogP contribution is 2.56. The topological polar surface area (TPSA) is 121 Å². The van der Waals surface area contributed by atoms with Gasteiger partial charge in [-0.05, 0) is 12.1 Å². The summed E-state index contributed by atoms with van der Waals surface area (Å²) in [6.07, 6.45) is 5.29. The van der Waals surface area contributed by atoms with Crippen LogP contribution in [0.1, 0.15) is 5.56 Å². The van der Waals surface area contributed by atoms with E-state index in [2.05, 4.69) is 29.3 Å². The molecule has 4 aromatic rings. The number of benzene rings is 1. The van der Waals surface area contributed by atoms with E-state index in [1.165, 1.54) is 0 Å². The van der Waals surface area contributed by atoms with E-state index in [9.17, 15) is 9.11 Å². The summed E-state index contributed by atoms with van der Waals surface area (Å²) in [6, 6.07) is 7.32. The van der Waals surface area contributed by atoms with E-state index in [1.54, 1.807) is 29.3 Å². The molecule has 0 atom stereocenters. The van der Waals surface area contributed by atoms with Gasteiger partial charge < -0.3 is 14.4 Å². The highest BCUT2D eigenvalue weighted by molar-refractivity contribution is 8.23. The molecule has 170 valence electrons. The molecule has 0 saturated carbocycles. The summed E-state index contributed by atoms with van der Waals surface area (Å²) in [5.41, 5.74) is 3.24. The molecule has 11 nitrogen and oxygen atoms in total. The molecule has 2 aliphatic heterocycles. The Labute approximate surface area is 191 Å². The lowest BCUT2D eigenvalue weighted by molar-refractivity contribution is 0.386. The van der Waals surface area contributed by atoms with Crippen molar-refractivity contribution in [1.29, 1.82) is 0 Å². The molecule has 0 spiro atoms. The lowest BCUT2D eigenvalue weighted by atomic mass is 10.1. The number of rotatable bonds is 2. The molecule has 3 aromatic heterocycles. The molecule has 5 heterocycles. The molecule has 12 heteroatoms. The number of anilines is 1. The van der Waals surface area contributed by atoms with Crippen LogP contribution in [0, 0.1) is 0 Å². The lowest BCUT2D eigenvalue weighted by Crippen LogP contribution is -2.49. The third-order valence-corrected chi connectivity index (χ3v) is 7.49. The van der Waals surface area contributed by atoms with Crippen LogP contribution in [-0.4, -0.2) is 75.3 Å². The first kappa shape index (κ1) is 20.1. The molecule has 2 N–H and O–H groups in total. The van der Waals surface area contributed by atoms with Crippen molar-refractivity contribution in [3.63, 3.8) is 0 Å². The van der Waals surface area contributed by atoms with Gasteiger partial charge in [0.15, 0.2) is 22.8 Å². The molecule has 1 fully saturated rings. The maximum absolute atomic E-state index is 10.4. The fraction of sp³-hybridized carbons (Fsp3) is 0.286. The molecule has 0 bridgehead atoms. The largest absolute Gasteiger partial charge is 0.351 e. The normalized spacial score (nSPS) is 18.5. The van der Waals surface area contributed by atoms with Gasteiger partial charge in [0, 0.05) is 52.0 Å². The minimum atomic E-state index is -3.13. The van der Waals surface area contributed by atoms with Gasteiger partial charge >= 0.3 is 0 Å². The van der Waals surface area contributed by atoms with Crippen LogP contribution >= 0.6 is 10.8 Å². The van der Waals surface area contributed by atoms with Crippen LogP contribution in [0.15, 0.2) is 52.3 Å². The van der Waals surface area contributed by atoms with Crippen molar-refractivity contribution in [2.45, 2.75) is 4.90 Å². The molecular formula is C21H23N9O2S. The van der Waals surface area contributed by atoms with Gasteiger partial charge in [-0.1, -0.05) is 22.9 Å². The standard InChI is InChI=1S/C21H23N9O2S/c1-27-12-14(11-24-27)18-25-17-20(28(18)2)22-13-23-21(17)30-9-7-29(8-10-30)19-15-5-3-4-6-16(15)33(31,32)26-19/h3-6,11-13,31-32H,7-10H2,1-2H3. The SMILES string of the molecule is Cn1cc(-c2nc3c(N4CCN(C5=NS(O)(O)c6ccccc65)CC4)ncnc3n2C)cn1. The Bertz CT molecular complexity index is 1400. The van der Waals surface area contributed by atoms with Crippen LogP contribution in [0.3, 0.4) is 0 Å². The van der Waals surface area contributed by atoms with Crippen molar-refractivity contribution in [2.24, 2.45) is 18.5 Å². The Kier molecular flexibility index (Phi) is 4.44. The van der Waals surface area contributed by atoms with E-state index in [0.29, 0.717) is 36.9 Å². The first-order valence-electron chi connectivity index (χ1n) is 10.6. The first-order valence-corrected chi connectivity index (χ1v) is 12.1. The molecule has 1 aromatic carbocycles. The fourth-order valence-corrected chi connectivity index (χ4v) is 5.75. The number of hydrogen-bond acceptors (Lipinski definition) is 9. The molecule has 33 heavy (non-hydrogen) atoms. The number of aryl methyl sites for hydroxylation is 2. The fourth-order valence-electron chi connectivity index (χ4n) is 4.48. The number of aromatic nitrogens is 6. The number of fused-ring (bicyclic) bond motifs is 2. The number of amidine groups is 1. The third kappa shape index (κ3) is 3.17. The van der Waals surface area contributed by atoms with Gasteiger partial charge in [-0.3, -0.25) is 13.8 Å². The molecular weight excluding hydrogens is 442 g/mol. The van der Waals surface area contributed by atoms with Gasteiger partial charge in [0.2, 0.25) is 0 Å². The first-order chi connectivity index (χ1) is 15.9. The molecule has 0 unspecified atom stereocenters. The Balaban J connectivity index is 1.28. The maximum Gasteiger partial charge on any atom is 0.165 e. The zero-order valence-electron chi connectivity index (χ0n) is 18.2. The molecule has 2 aliphatic rings. The summed E-state index contributed by atoms with van der Waals surface area (Å²) in [7, 11) is 0.690. The Morgan fingerprint density at radius 2 is 1.73 bits per heavy atom. The van der Waals surface area contributed by atoms with E-state index in [1.807, 2.05) is 37.0 Å². The highest BCUT2D eigenvalue weighted by Gasteiger charge is 2.34. The average Bonchev–Trinajstić information content (AvgIpc) is 3.48. The molecule has 0 aliphatic carbocycles. The monoisotopic (exact) mass is 465 g/mol. The van der Waals surface area contributed by atoms with Crippen LogP contribution in [0.2, 0.25) is 0 Å². The molecule has 0 radical (unpaired) electrons. The van der Waals surface area contributed by atoms with Crippen LogP contribution < -0.4 is 4.90 Å². The van der Waals surface area contributed by atoms with Crippen LogP contribution in [0.4, 0.5) is 5.82 Å². The van der Waals surface area contributed by atoms with Crippen molar-refractivity contribution in [1.82, 2.24) is 34.2 Å². The molecule has 1 saturated heterocycles. The van der Waals surface area contributed by atoms with Gasteiger partial charge in [-0.2, -0.15) is 5.10 Å². The Hall–Kier alpha value is -3.48. The number of nitrogens with zero attached hydrogens (tertiary/aromatic N) is 9. The van der Waals surface area contributed by atoms with Gasteiger partial charge in [0.1, 0.15) is 12.2 Å². The van der Waals surface area contributed by atoms with E-state index in [4.69, 9.17) is 4.98 Å². The average molecular weight is 466 g/mol. The zero-order chi connectivity index (χ0) is 22.7. The molecule has 0 amide bonds. The second-order valence-corrected chi connectivity index (χ2v) is 9.83. The van der Waals surface area contributed by atoms with Gasteiger partial charge in [-0.15, -0.1) is 4.40 Å². The van der Waals surface area contributed by atoms with Gasteiger partial charge in [-0.25, -0.2) is 15.0 Å². The van der Waals surface area contributed by atoms with Crippen LogP contribution in [-0.2, 0) is 14.1 Å². The second-order valence-electron chi connectivity index (χ2n) is 8.17. The van der Waals surface area contributed by atoms with Crippen LogP contribution in [0.25, 0.3) is 22.6 Å². The van der Waals surface area contributed by atoms with Crippen molar-refractivity contribution < 1.29 is 9.11 Å². The predicted octanol–water partition coefficient (Wildman–Crippen LogP) is 2.37. The van der Waals surface area contributed by atoms with Crippen molar-refractivity contribution in [3.8, 4) is 11.4 Å². The minimum absolute atomic E-state index is 0.497. The van der Waals surface area contributed by atoms with Gasteiger partial charge in [0.05, 0.1) is 16.7 Å². The van der Waals surface area contributed by atoms with E-state index < -0.39 is 10.8 Å².